The minimum atomic E-state index is -1.25. The highest BCUT2D eigenvalue weighted by atomic mass is 19.1. The van der Waals surface area contributed by atoms with Gasteiger partial charge in [0.1, 0.15) is 29.1 Å². The molecule has 240 valence electrons. The topological polar surface area (TPSA) is 133 Å². The molecule has 4 amide bonds. The van der Waals surface area contributed by atoms with Crippen LogP contribution in [0.15, 0.2) is 73.1 Å². The average molecular weight is 641 g/mol. The summed E-state index contributed by atoms with van der Waals surface area (Å²) in [6, 6.07) is 13.1. The maximum absolute atomic E-state index is 15.2. The summed E-state index contributed by atoms with van der Waals surface area (Å²) >= 11 is 0. The molecule has 47 heavy (non-hydrogen) atoms. The summed E-state index contributed by atoms with van der Waals surface area (Å²) in [7, 11) is 0. The zero-order valence-corrected chi connectivity index (χ0v) is 25.1. The lowest BCUT2D eigenvalue weighted by Gasteiger charge is -2.38. The van der Waals surface area contributed by atoms with E-state index in [9.17, 15) is 18.8 Å². The van der Waals surface area contributed by atoms with Crippen LogP contribution in [0.3, 0.4) is 0 Å². The van der Waals surface area contributed by atoms with Gasteiger partial charge in [-0.1, -0.05) is 0 Å². The predicted octanol–water partition coefficient (Wildman–Crippen LogP) is 5.47. The van der Waals surface area contributed by atoms with Crippen LogP contribution in [0.4, 0.5) is 42.5 Å². The van der Waals surface area contributed by atoms with Crippen LogP contribution in [0.5, 0.6) is 11.5 Å². The summed E-state index contributed by atoms with van der Waals surface area (Å²) in [4.78, 5) is 57.6. The Balaban J connectivity index is 1.02. The Hall–Kier alpha value is -5.66. The van der Waals surface area contributed by atoms with E-state index in [1.54, 1.807) is 24.4 Å². The van der Waals surface area contributed by atoms with E-state index in [1.165, 1.54) is 35.4 Å². The van der Waals surface area contributed by atoms with Crippen LogP contribution < -0.4 is 25.2 Å². The van der Waals surface area contributed by atoms with Crippen molar-refractivity contribution < 1.29 is 27.9 Å². The zero-order valence-electron chi connectivity index (χ0n) is 25.1. The highest BCUT2D eigenvalue weighted by Gasteiger charge is 2.48. The smallest absolute Gasteiger partial charge is 0.331 e. The second-order valence-corrected chi connectivity index (χ2v) is 11.5. The number of pyridine rings is 1. The Morgan fingerprint density at radius 3 is 2.40 bits per heavy atom. The minimum absolute atomic E-state index is 0.0833. The van der Waals surface area contributed by atoms with Crippen LogP contribution in [0.2, 0.25) is 0 Å². The second kappa shape index (κ2) is 12.6. The molecule has 14 heteroatoms. The van der Waals surface area contributed by atoms with Gasteiger partial charge in [0.15, 0.2) is 11.6 Å². The first-order chi connectivity index (χ1) is 22.8. The van der Waals surface area contributed by atoms with E-state index in [-0.39, 0.29) is 29.7 Å². The number of nitrogens with zero attached hydrogens (tertiary/aromatic N) is 6. The number of benzene rings is 2. The van der Waals surface area contributed by atoms with Gasteiger partial charge in [-0.25, -0.2) is 28.4 Å². The van der Waals surface area contributed by atoms with Crippen molar-refractivity contribution in [1.82, 2.24) is 19.9 Å². The molecule has 0 bridgehead atoms. The van der Waals surface area contributed by atoms with Crippen LogP contribution >= 0.6 is 0 Å². The summed E-state index contributed by atoms with van der Waals surface area (Å²) in [6.45, 7) is 1.71. The van der Waals surface area contributed by atoms with Crippen molar-refractivity contribution in [3.05, 3.63) is 84.7 Å². The van der Waals surface area contributed by atoms with E-state index in [0.717, 1.165) is 61.9 Å². The molecule has 12 nitrogen and oxygen atoms in total. The number of carbonyl (C=O) groups excluding carboxylic acids is 3. The molecule has 2 saturated heterocycles. The van der Waals surface area contributed by atoms with E-state index in [4.69, 9.17) is 4.74 Å². The van der Waals surface area contributed by atoms with Crippen LogP contribution in [0.25, 0.3) is 0 Å². The maximum Gasteiger partial charge on any atom is 0.331 e. The van der Waals surface area contributed by atoms with Crippen molar-refractivity contribution in [3.8, 4) is 11.5 Å². The largest absolute Gasteiger partial charge is 0.454 e. The van der Waals surface area contributed by atoms with Gasteiger partial charge < -0.3 is 25.2 Å². The summed E-state index contributed by atoms with van der Waals surface area (Å²) in [6.07, 6.45) is 6.91. The number of imide groups is 1. The van der Waals surface area contributed by atoms with Crippen molar-refractivity contribution in [2.24, 2.45) is 5.92 Å². The third kappa shape index (κ3) is 6.52. The number of halogens is 2. The van der Waals surface area contributed by atoms with E-state index < -0.39 is 35.4 Å². The van der Waals surface area contributed by atoms with Crippen molar-refractivity contribution >= 4 is 46.8 Å². The molecular weight excluding hydrogens is 610 g/mol. The monoisotopic (exact) mass is 640 g/mol. The van der Waals surface area contributed by atoms with Gasteiger partial charge in [-0.15, -0.1) is 0 Å². The number of anilines is 5. The molecule has 2 aliphatic heterocycles. The molecule has 0 spiro atoms. The first-order valence-electron chi connectivity index (χ1n) is 15.3. The van der Waals surface area contributed by atoms with Gasteiger partial charge in [-0.05, 0) is 74.2 Å². The Morgan fingerprint density at radius 2 is 1.66 bits per heavy atom. The SMILES string of the molecule is O=C(Nc1ccc(Oc2ccnc(Nc3ccnc(N4CCCC4)n3)c2)c(F)c1)C1CN(C2CC2)C(=O)N(c2ccc(F)cc2)C1=O. The van der Waals surface area contributed by atoms with Gasteiger partial charge in [0.25, 0.3) is 0 Å². The van der Waals surface area contributed by atoms with Crippen LogP contribution in [-0.4, -0.2) is 63.4 Å². The van der Waals surface area contributed by atoms with Crippen molar-refractivity contribution in [3.63, 3.8) is 0 Å². The molecule has 1 unspecified atom stereocenters. The van der Waals surface area contributed by atoms with E-state index in [0.29, 0.717) is 23.3 Å². The number of hydrogen-bond donors (Lipinski definition) is 2. The molecule has 7 rings (SSSR count). The van der Waals surface area contributed by atoms with Crippen LogP contribution in [-0.2, 0) is 9.59 Å². The van der Waals surface area contributed by atoms with Crippen LogP contribution in [0.1, 0.15) is 25.7 Å². The lowest BCUT2D eigenvalue weighted by molar-refractivity contribution is -0.132. The molecule has 2 aromatic heterocycles. The normalized spacial score (nSPS) is 18.0. The number of hydrogen-bond acceptors (Lipinski definition) is 9. The minimum Gasteiger partial charge on any atom is -0.454 e. The summed E-state index contributed by atoms with van der Waals surface area (Å²) in [5.74, 6) is -2.12. The van der Waals surface area contributed by atoms with E-state index >= 15 is 4.39 Å². The fourth-order valence-electron chi connectivity index (χ4n) is 5.63. The average Bonchev–Trinajstić information content (AvgIpc) is 3.75. The zero-order chi connectivity index (χ0) is 32.5. The number of ether oxygens (including phenoxy) is 1. The van der Waals surface area contributed by atoms with Gasteiger partial charge in [-0.2, -0.15) is 4.98 Å². The predicted molar refractivity (Wildman–Crippen MR) is 169 cm³/mol. The lowest BCUT2D eigenvalue weighted by atomic mass is 10.0. The van der Waals surface area contributed by atoms with Gasteiger partial charge in [0.05, 0.1) is 5.69 Å². The first kappa shape index (κ1) is 30.0. The molecular formula is C33H30F2N8O4. The fourth-order valence-corrected chi connectivity index (χ4v) is 5.63. The molecule has 3 fully saturated rings. The number of nitrogens with one attached hydrogen (secondary N) is 2. The van der Waals surface area contributed by atoms with Crippen LogP contribution in [0, 0.1) is 17.6 Å². The molecule has 4 heterocycles. The molecule has 4 aromatic rings. The molecule has 2 aromatic carbocycles. The number of amides is 4. The van der Waals surface area contributed by atoms with Gasteiger partial charge in [-0.3, -0.25) is 9.59 Å². The summed E-state index contributed by atoms with van der Waals surface area (Å²) in [5.41, 5.74) is 0.265. The molecule has 1 saturated carbocycles. The Labute approximate surface area is 268 Å². The van der Waals surface area contributed by atoms with Gasteiger partial charge >= 0.3 is 6.03 Å². The number of urea groups is 1. The third-order valence-electron chi connectivity index (χ3n) is 8.17. The van der Waals surface area contributed by atoms with Crippen molar-refractivity contribution in [2.75, 3.05) is 40.1 Å². The fraction of sp³-hybridized carbons (Fsp3) is 0.273. The maximum atomic E-state index is 15.2. The Morgan fingerprint density at radius 1 is 0.894 bits per heavy atom. The van der Waals surface area contributed by atoms with Gasteiger partial charge in [0, 0.05) is 55.9 Å². The summed E-state index contributed by atoms with van der Waals surface area (Å²) < 4.78 is 34.5. The van der Waals surface area contributed by atoms with E-state index in [2.05, 4.69) is 30.5 Å². The highest BCUT2D eigenvalue weighted by molar-refractivity contribution is 6.23. The van der Waals surface area contributed by atoms with E-state index in [1.807, 2.05) is 0 Å². The van der Waals surface area contributed by atoms with Crippen molar-refractivity contribution in [1.29, 1.82) is 0 Å². The standard InChI is InChI=1S/C33H30F2N8O4/c34-20-3-6-23(7-4-20)43-31(45)25(19-42(33(43)46)22-8-9-22)30(44)38-21-5-10-27(26(35)17-21)47-24-11-13-36-29(18-24)39-28-12-14-37-32(40-28)41-15-1-2-16-41/h3-7,10-14,17-18,22,25H,1-2,8-9,15-16,19H2,(H,38,44)(H,36,37,39,40). The molecule has 3 aliphatic rings. The molecule has 1 atom stereocenters. The molecule has 1 aliphatic carbocycles. The van der Waals surface area contributed by atoms with Gasteiger partial charge in [0.2, 0.25) is 17.8 Å². The highest BCUT2D eigenvalue weighted by Crippen LogP contribution is 2.34. The third-order valence-corrected chi connectivity index (χ3v) is 8.17. The Bertz CT molecular complexity index is 1830. The number of aromatic nitrogens is 3. The van der Waals surface area contributed by atoms with Crippen molar-refractivity contribution in [2.45, 2.75) is 31.7 Å². The Kier molecular flexibility index (Phi) is 8.06. The quantitative estimate of drug-likeness (QED) is 0.229. The summed E-state index contributed by atoms with van der Waals surface area (Å²) in [5, 5.41) is 5.72. The second-order valence-electron chi connectivity index (χ2n) is 11.5. The lowest BCUT2D eigenvalue weighted by Crippen LogP contribution is -2.60. The number of rotatable bonds is 9. The first-order valence-corrected chi connectivity index (χ1v) is 15.3. The molecule has 2 N–H and O–H groups in total. The molecule has 0 radical (unpaired) electrons. The number of carbonyl (C=O) groups is 3.